The second-order valence-electron chi connectivity index (χ2n) is 3.62. The van der Waals surface area contributed by atoms with Gasteiger partial charge in [-0.25, -0.2) is 0 Å². The van der Waals surface area contributed by atoms with Gasteiger partial charge >= 0.3 is 0 Å². The molecule has 1 heterocycles. The summed E-state index contributed by atoms with van der Waals surface area (Å²) in [6, 6.07) is 6.99. The Morgan fingerprint density at radius 2 is 2.21 bits per heavy atom. The molecule has 0 fully saturated rings. The average Bonchev–Trinajstić information content (AvgIpc) is 2.85. The Hall–Kier alpha value is -1.66. The number of hydrogen-bond donors (Lipinski definition) is 1. The van der Waals surface area contributed by atoms with Gasteiger partial charge in [-0.3, -0.25) is 10.1 Å². The van der Waals surface area contributed by atoms with Crippen molar-refractivity contribution in [1.29, 1.82) is 0 Å². The van der Waals surface area contributed by atoms with E-state index in [1.165, 1.54) is 11.3 Å². The van der Waals surface area contributed by atoms with Crippen molar-refractivity contribution >= 4 is 34.0 Å². The molecule has 7 heteroatoms. The predicted molar refractivity (Wildman–Crippen MR) is 74.9 cm³/mol. The van der Waals surface area contributed by atoms with Crippen molar-refractivity contribution in [2.75, 3.05) is 11.9 Å². The second kappa shape index (κ2) is 6.49. The van der Waals surface area contributed by atoms with Gasteiger partial charge in [0, 0.05) is 0 Å². The van der Waals surface area contributed by atoms with Crippen LogP contribution in [0, 0.1) is 0 Å². The van der Waals surface area contributed by atoms with Gasteiger partial charge < -0.3 is 4.74 Å². The minimum absolute atomic E-state index is 0.120. The van der Waals surface area contributed by atoms with Crippen LogP contribution in [0.3, 0.4) is 0 Å². The lowest BCUT2D eigenvalue weighted by molar-refractivity contribution is -0.118. The van der Waals surface area contributed by atoms with Crippen molar-refractivity contribution in [3.05, 3.63) is 34.3 Å². The largest absolute Gasteiger partial charge is 0.482 e. The lowest BCUT2D eigenvalue weighted by Crippen LogP contribution is -2.20. The lowest BCUT2D eigenvalue weighted by atomic mass is 10.3. The molecule has 1 amide bonds. The molecule has 0 saturated carbocycles. The summed E-state index contributed by atoms with van der Waals surface area (Å²) in [6.45, 7) is 1.86. The van der Waals surface area contributed by atoms with E-state index in [1.54, 1.807) is 24.3 Å². The Balaban J connectivity index is 1.86. The number of ether oxygens (including phenoxy) is 1. The number of amides is 1. The quantitative estimate of drug-likeness (QED) is 0.921. The van der Waals surface area contributed by atoms with E-state index >= 15 is 0 Å². The zero-order valence-electron chi connectivity index (χ0n) is 10.2. The van der Waals surface area contributed by atoms with Crippen molar-refractivity contribution in [2.24, 2.45) is 0 Å². The van der Waals surface area contributed by atoms with Crippen LogP contribution in [-0.2, 0) is 11.2 Å². The number of anilines is 1. The summed E-state index contributed by atoms with van der Waals surface area (Å²) in [5.41, 5.74) is 0. The summed E-state index contributed by atoms with van der Waals surface area (Å²) < 4.78 is 5.32. The molecule has 0 aliphatic rings. The van der Waals surface area contributed by atoms with Crippen LogP contribution in [0.15, 0.2) is 24.3 Å². The maximum atomic E-state index is 11.7. The smallest absolute Gasteiger partial charge is 0.264 e. The summed E-state index contributed by atoms with van der Waals surface area (Å²) in [4.78, 5) is 11.7. The highest BCUT2D eigenvalue weighted by Crippen LogP contribution is 2.23. The van der Waals surface area contributed by atoms with E-state index in [4.69, 9.17) is 16.3 Å². The van der Waals surface area contributed by atoms with Crippen LogP contribution < -0.4 is 10.1 Å². The maximum absolute atomic E-state index is 11.7. The van der Waals surface area contributed by atoms with E-state index in [9.17, 15) is 4.79 Å². The Morgan fingerprint density at radius 3 is 2.89 bits per heavy atom. The molecule has 0 atom stereocenters. The zero-order chi connectivity index (χ0) is 13.7. The van der Waals surface area contributed by atoms with Crippen molar-refractivity contribution in [3.8, 4) is 5.75 Å². The minimum Gasteiger partial charge on any atom is -0.482 e. The normalized spacial score (nSPS) is 10.2. The molecule has 1 aromatic heterocycles. The number of halogens is 1. The molecule has 2 aromatic rings. The molecule has 1 N–H and O–H groups in total. The number of aryl methyl sites for hydroxylation is 1. The van der Waals surface area contributed by atoms with Crippen LogP contribution in [0.4, 0.5) is 5.13 Å². The number of nitrogens with zero attached hydrogens (tertiary/aromatic N) is 2. The lowest BCUT2D eigenvalue weighted by Gasteiger charge is -2.06. The first-order valence-electron chi connectivity index (χ1n) is 5.68. The Kier molecular flexibility index (Phi) is 4.70. The zero-order valence-corrected chi connectivity index (χ0v) is 11.8. The third-order valence-corrected chi connectivity index (χ3v) is 3.51. The molecular formula is C12H12ClN3O2S. The Morgan fingerprint density at radius 1 is 1.42 bits per heavy atom. The fourth-order valence-corrected chi connectivity index (χ4v) is 2.19. The number of rotatable bonds is 5. The Bertz CT molecular complexity index is 574. The maximum Gasteiger partial charge on any atom is 0.264 e. The van der Waals surface area contributed by atoms with E-state index < -0.39 is 0 Å². The van der Waals surface area contributed by atoms with E-state index in [-0.39, 0.29) is 12.5 Å². The highest BCUT2D eigenvalue weighted by molar-refractivity contribution is 7.15. The number of carbonyl (C=O) groups excluding carboxylic acids is 1. The van der Waals surface area contributed by atoms with Crippen molar-refractivity contribution in [3.63, 3.8) is 0 Å². The van der Waals surface area contributed by atoms with E-state index in [1.807, 2.05) is 6.92 Å². The molecule has 5 nitrogen and oxygen atoms in total. The van der Waals surface area contributed by atoms with Gasteiger partial charge in [0.05, 0.1) is 5.02 Å². The molecule has 0 aliphatic heterocycles. The third kappa shape index (κ3) is 3.90. The molecule has 0 saturated heterocycles. The molecule has 100 valence electrons. The second-order valence-corrected chi connectivity index (χ2v) is 5.09. The topological polar surface area (TPSA) is 64.1 Å². The highest BCUT2D eigenvalue weighted by atomic mass is 35.5. The molecule has 0 spiro atoms. The molecule has 2 rings (SSSR count). The number of nitrogens with one attached hydrogen (secondary N) is 1. The number of hydrogen-bond acceptors (Lipinski definition) is 5. The molecule has 0 radical (unpaired) electrons. The summed E-state index contributed by atoms with van der Waals surface area (Å²) >= 11 is 7.26. The molecule has 19 heavy (non-hydrogen) atoms. The number of para-hydroxylation sites is 1. The number of aromatic nitrogens is 2. The molecule has 0 aliphatic carbocycles. The van der Waals surface area contributed by atoms with Crippen molar-refractivity contribution in [1.82, 2.24) is 10.2 Å². The summed E-state index contributed by atoms with van der Waals surface area (Å²) in [5, 5.41) is 12.2. The third-order valence-electron chi connectivity index (χ3n) is 2.21. The monoisotopic (exact) mass is 297 g/mol. The van der Waals surface area contributed by atoms with Gasteiger partial charge in [0.15, 0.2) is 6.61 Å². The summed E-state index contributed by atoms with van der Waals surface area (Å²) in [5.74, 6) is 0.185. The fourth-order valence-electron chi connectivity index (χ4n) is 1.31. The molecular weight excluding hydrogens is 286 g/mol. The van der Waals surface area contributed by atoms with E-state index in [2.05, 4.69) is 15.5 Å². The SMILES string of the molecule is CCc1nnc(NC(=O)COc2ccccc2Cl)s1. The average molecular weight is 298 g/mol. The first-order valence-corrected chi connectivity index (χ1v) is 6.88. The van der Waals surface area contributed by atoms with E-state index in [0.717, 1.165) is 11.4 Å². The highest BCUT2D eigenvalue weighted by Gasteiger charge is 2.09. The number of carbonyl (C=O) groups is 1. The van der Waals surface area contributed by atoms with Crippen molar-refractivity contribution < 1.29 is 9.53 Å². The van der Waals surface area contributed by atoms with Gasteiger partial charge in [-0.1, -0.05) is 42.0 Å². The first kappa shape index (κ1) is 13.8. The minimum atomic E-state index is -0.293. The van der Waals surface area contributed by atoms with Gasteiger partial charge in [-0.2, -0.15) is 0 Å². The molecule has 0 bridgehead atoms. The summed E-state index contributed by atoms with van der Waals surface area (Å²) in [7, 11) is 0. The van der Waals surface area contributed by atoms with Gasteiger partial charge in [0.1, 0.15) is 10.8 Å². The van der Waals surface area contributed by atoms with Crippen LogP contribution in [0.25, 0.3) is 0 Å². The fraction of sp³-hybridized carbons (Fsp3) is 0.250. The van der Waals surface area contributed by atoms with Crippen LogP contribution in [0.2, 0.25) is 5.02 Å². The predicted octanol–water partition coefficient (Wildman–Crippen LogP) is 2.77. The van der Waals surface area contributed by atoms with Gasteiger partial charge in [0.2, 0.25) is 5.13 Å². The van der Waals surface area contributed by atoms with Crippen LogP contribution in [0.1, 0.15) is 11.9 Å². The van der Waals surface area contributed by atoms with Crippen LogP contribution >= 0.6 is 22.9 Å². The van der Waals surface area contributed by atoms with Crippen LogP contribution in [0.5, 0.6) is 5.75 Å². The molecule has 1 aromatic carbocycles. The summed E-state index contributed by atoms with van der Waals surface area (Å²) in [6.07, 6.45) is 0.795. The van der Waals surface area contributed by atoms with Crippen LogP contribution in [-0.4, -0.2) is 22.7 Å². The van der Waals surface area contributed by atoms with Gasteiger partial charge in [-0.15, -0.1) is 10.2 Å². The Labute approximate surface area is 119 Å². The van der Waals surface area contributed by atoms with Gasteiger partial charge in [0.25, 0.3) is 5.91 Å². The standard InChI is InChI=1S/C12H12ClN3O2S/c1-2-11-15-16-12(19-11)14-10(17)7-18-9-6-4-3-5-8(9)13/h3-6H,2,7H2,1H3,(H,14,16,17). The van der Waals surface area contributed by atoms with Gasteiger partial charge in [-0.05, 0) is 18.6 Å². The number of benzene rings is 1. The van der Waals surface area contributed by atoms with E-state index in [0.29, 0.717) is 15.9 Å². The van der Waals surface area contributed by atoms with Crippen molar-refractivity contribution in [2.45, 2.75) is 13.3 Å². The molecule has 0 unspecified atom stereocenters. The first-order chi connectivity index (χ1) is 9.19.